The predicted molar refractivity (Wildman–Crippen MR) is 89.7 cm³/mol. The fourth-order valence-corrected chi connectivity index (χ4v) is 4.72. The third kappa shape index (κ3) is 2.91. The molecular formula is C16H18BrN3S. The van der Waals surface area contributed by atoms with Gasteiger partial charge in [-0.25, -0.2) is 4.98 Å². The van der Waals surface area contributed by atoms with E-state index in [-0.39, 0.29) is 0 Å². The van der Waals surface area contributed by atoms with E-state index in [4.69, 9.17) is 4.98 Å². The van der Waals surface area contributed by atoms with Gasteiger partial charge in [-0.3, -0.25) is 4.98 Å². The monoisotopic (exact) mass is 363 g/mol. The van der Waals surface area contributed by atoms with E-state index in [9.17, 15) is 0 Å². The zero-order chi connectivity index (χ0) is 14.2. The lowest BCUT2D eigenvalue weighted by Gasteiger charge is -2.21. The number of hydrogen-bond acceptors (Lipinski definition) is 4. The number of halogens is 1. The van der Waals surface area contributed by atoms with Crippen LogP contribution in [0.1, 0.15) is 42.2 Å². The first-order chi connectivity index (χ1) is 10.3. The summed E-state index contributed by atoms with van der Waals surface area (Å²) < 4.78 is 1.03. The number of nitrogens with one attached hydrogen (secondary N) is 1. The molecule has 0 saturated heterocycles. The first kappa shape index (κ1) is 13.9. The molecule has 2 aliphatic rings. The molecule has 2 aromatic heterocycles. The summed E-state index contributed by atoms with van der Waals surface area (Å²) in [6, 6.07) is 4.76. The summed E-state index contributed by atoms with van der Waals surface area (Å²) >= 11 is 5.42. The summed E-state index contributed by atoms with van der Waals surface area (Å²) in [6.07, 6.45) is 8.27. The van der Waals surface area contributed by atoms with Gasteiger partial charge in [-0.15, -0.1) is 11.3 Å². The number of aryl methyl sites for hydroxylation is 1. The second-order valence-electron chi connectivity index (χ2n) is 5.93. The molecule has 2 aliphatic carbocycles. The fourth-order valence-electron chi connectivity index (χ4n) is 2.95. The third-order valence-electron chi connectivity index (χ3n) is 4.26. The summed E-state index contributed by atoms with van der Waals surface area (Å²) in [5.41, 5.74) is 2.30. The summed E-state index contributed by atoms with van der Waals surface area (Å²) in [4.78, 5) is 10.9. The molecule has 3 nitrogen and oxygen atoms in total. The van der Waals surface area contributed by atoms with Gasteiger partial charge in [0.2, 0.25) is 0 Å². The molecule has 2 aromatic rings. The van der Waals surface area contributed by atoms with Gasteiger partial charge < -0.3 is 5.32 Å². The predicted octanol–water partition coefficient (Wildman–Crippen LogP) is 4.14. The Morgan fingerprint density at radius 1 is 1.33 bits per heavy atom. The molecular weight excluding hydrogens is 346 g/mol. The second-order valence-corrected chi connectivity index (χ2v) is 7.87. The molecule has 21 heavy (non-hydrogen) atoms. The molecule has 5 heteroatoms. The lowest BCUT2D eigenvalue weighted by Crippen LogP contribution is -2.25. The van der Waals surface area contributed by atoms with Crippen LogP contribution in [0.2, 0.25) is 0 Å². The van der Waals surface area contributed by atoms with Crippen molar-refractivity contribution in [1.29, 1.82) is 0 Å². The Labute approximate surface area is 137 Å². The van der Waals surface area contributed by atoms with Gasteiger partial charge in [0, 0.05) is 34.1 Å². The van der Waals surface area contributed by atoms with Gasteiger partial charge in [-0.1, -0.05) is 0 Å². The molecule has 1 fully saturated rings. The first-order valence-corrected chi connectivity index (χ1v) is 9.26. The molecule has 1 atom stereocenters. The number of pyridine rings is 1. The average Bonchev–Trinajstić information content (AvgIpc) is 3.22. The maximum absolute atomic E-state index is 4.95. The lowest BCUT2D eigenvalue weighted by atomic mass is 9.91. The van der Waals surface area contributed by atoms with E-state index in [0.717, 1.165) is 27.8 Å². The van der Waals surface area contributed by atoms with Crippen molar-refractivity contribution in [2.45, 2.75) is 44.1 Å². The van der Waals surface area contributed by atoms with Crippen LogP contribution in [0, 0.1) is 0 Å². The van der Waals surface area contributed by atoms with Gasteiger partial charge in [-0.05, 0) is 60.2 Å². The van der Waals surface area contributed by atoms with Gasteiger partial charge in [0.25, 0.3) is 0 Å². The molecule has 2 heterocycles. The highest BCUT2D eigenvalue weighted by Gasteiger charge is 2.28. The van der Waals surface area contributed by atoms with E-state index < -0.39 is 0 Å². The van der Waals surface area contributed by atoms with Crippen molar-refractivity contribution >= 4 is 27.3 Å². The highest BCUT2D eigenvalue weighted by Crippen LogP contribution is 2.39. The molecule has 0 aliphatic heterocycles. The molecule has 1 unspecified atom stereocenters. The molecule has 0 bridgehead atoms. The topological polar surface area (TPSA) is 37.8 Å². The van der Waals surface area contributed by atoms with Crippen LogP contribution in [0.25, 0.3) is 10.7 Å². The van der Waals surface area contributed by atoms with Crippen molar-refractivity contribution in [3.8, 4) is 10.7 Å². The highest BCUT2D eigenvalue weighted by molar-refractivity contribution is 9.10. The number of aromatic nitrogens is 2. The Bertz CT molecular complexity index is 651. The molecule has 110 valence electrons. The van der Waals surface area contributed by atoms with Gasteiger partial charge in [-0.2, -0.15) is 0 Å². The lowest BCUT2D eigenvalue weighted by molar-refractivity contribution is 0.500. The maximum atomic E-state index is 4.95. The summed E-state index contributed by atoms with van der Waals surface area (Å²) in [6.45, 7) is 1.09. The third-order valence-corrected chi connectivity index (χ3v) is 6.04. The van der Waals surface area contributed by atoms with Crippen LogP contribution in [0.5, 0.6) is 0 Å². The van der Waals surface area contributed by atoms with Crippen LogP contribution in [-0.4, -0.2) is 22.6 Å². The van der Waals surface area contributed by atoms with Crippen molar-refractivity contribution < 1.29 is 0 Å². The number of nitrogens with zero attached hydrogens (tertiary/aromatic N) is 2. The Hall–Kier alpha value is -0.780. The van der Waals surface area contributed by atoms with E-state index in [1.165, 1.54) is 42.7 Å². The van der Waals surface area contributed by atoms with Gasteiger partial charge in [0.1, 0.15) is 10.7 Å². The zero-order valence-corrected chi connectivity index (χ0v) is 14.2. The van der Waals surface area contributed by atoms with Crippen LogP contribution in [0.3, 0.4) is 0 Å². The second kappa shape index (κ2) is 5.78. The van der Waals surface area contributed by atoms with Crippen molar-refractivity contribution in [1.82, 2.24) is 15.3 Å². The minimum Gasteiger partial charge on any atom is -0.313 e. The Morgan fingerprint density at radius 2 is 2.24 bits per heavy atom. The normalized spacial score (nSPS) is 21.3. The van der Waals surface area contributed by atoms with Crippen LogP contribution < -0.4 is 5.32 Å². The Kier molecular flexibility index (Phi) is 3.81. The molecule has 1 N–H and O–H groups in total. The summed E-state index contributed by atoms with van der Waals surface area (Å²) in [5.74, 6) is 0.585. The maximum Gasteiger partial charge on any atom is 0.143 e. The minimum absolute atomic E-state index is 0.585. The van der Waals surface area contributed by atoms with E-state index in [0.29, 0.717) is 5.92 Å². The highest BCUT2D eigenvalue weighted by atomic mass is 79.9. The molecule has 0 radical (unpaired) electrons. The van der Waals surface area contributed by atoms with Crippen LogP contribution >= 0.6 is 27.3 Å². The minimum atomic E-state index is 0.585. The molecule has 0 aromatic carbocycles. The first-order valence-electron chi connectivity index (χ1n) is 7.65. The summed E-state index contributed by atoms with van der Waals surface area (Å²) in [7, 11) is 0. The van der Waals surface area contributed by atoms with Crippen LogP contribution in [0.4, 0.5) is 0 Å². The smallest absolute Gasteiger partial charge is 0.143 e. The Balaban J connectivity index is 1.62. The van der Waals surface area contributed by atoms with Gasteiger partial charge in [0.15, 0.2) is 0 Å². The molecule has 0 amide bonds. The molecule has 4 rings (SSSR count). The standard InChI is InChI=1S/C16H18BrN3S/c17-12-4-2-8-18-15(12)16-20-14-10(9-19-11-6-7-11)3-1-5-13(14)21-16/h2,4,8,10-11,19H,1,3,5-7,9H2. The fraction of sp³-hybridized carbons (Fsp3) is 0.500. The van der Waals surface area contributed by atoms with Crippen molar-refractivity contribution in [2.75, 3.05) is 6.54 Å². The number of rotatable bonds is 4. The van der Waals surface area contributed by atoms with Crippen molar-refractivity contribution in [2.24, 2.45) is 0 Å². The largest absolute Gasteiger partial charge is 0.313 e. The van der Waals surface area contributed by atoms with Gasteiger partial charge >= 0.3 is 0 Å². The van der Waals surface area contributed by atoms with E-state index in [2.05, 4.69) is 26.2 Å². The quantitative estimate of drug-likeness (QED) is 0.886. The van der Waals surface area contributed by atoms with Crippen molar-refractivity contribution in [3.05, 3.63) is 33.4 Å². The SMILES string of the molecule is Brc1cccnc1-c1nc2c(s1)CCCC2CNC1CC1. The number of hydrogen-bond donors (Lipinski definition) is 1. The van der Waals surface area contributed by atoms with Crippen molar-refractivity contribution in [3.63, 3.8) is 0 Å². The average molecular weight is 364 g/mol. The molecule has 1 saturated carbocycles. The molecule has 0 spiro atoms. The van der Waals surface area contributed by atoms with Gasteiger partial charge in [0.05, 0.1) is 5.69 Å². The van der Waals surface area contributed by atoms with Crippen LogP contribution in [-0.2, 0) is 6.42 Å². The Morgan fingerprint density at radius 3 is 3.05 bits per heavy atom. The van der Waals surface area contributed by atoms with E-state index >= 15 is 0 Å². The zero-order valence-electron chi connectivity index (χ0n) is 11.8. The number of fused-ring (bicyclic) bond motifs is 1. The summed E-state index contributed by atoms with van der Waals surface area (Å²) in [5, 5.41) is 4.73. The van der Waals surface area contributed by atoms with Crippen LogP contribution in [0.15, 0.2) is 22.8 Å². The van der Waals surface area contributed by atoms with E-state index in [1.54, 1.807) is 0 Å². The van der Waals surface area contributed by atoms with E-state index in [1.807, 2.05) is 29.7 Å². The number of thiazole rings is 1.